The number of phosphoric ester groups is 1. The van der Waals surface area contributed by atoms with E-state index in [4.69, 9.17) is 18.5 Å². The first-order chi connectivity index (χ1) is 31.0. The average Bonchev–Trinajstić information content (AvgIpc) is 3.28. The number of esters is 1. The molecule has 1 aliphatic carbocycles. The summed E-state index contributed by atoms with van der Waals surface area (Å²) in [6.07, 6.45) is 41.2. The molecule has 13 heteroatoms. The van der Waals surface area contributed by atoms with Crippen molar-refractivity contribution in [2.45, 2.75) is 224 Å². The minimum Gasteiger partial charge on any atom is -0.457 e. The van der Waals surface area contributed by atoms with Gasteiger partial charge in [-0.1, -0.05) is 170 Å². The Balaban J connectivity index is 2.32. The van der Waals surface area contributed by atoms with Crippen LogP contribution in [0, 0.1) is 0 Å². The van der Waals surface area contributed by atoms with Gasteiger partial charge in [0.1, 0.15) is 42.7 Å². The van der Waals surface area contributed by atoms with Crippen molar-refractivity contribution in [1.29, 1.82) is 0 Å². The summed E-state index contributed by atoms with van der Waals surface area (Å²) < 4.78 is 34.2. The van der Waals surface area contributed by atoms with Gasteiger partial charge in [-0.05, 0) is 77.0 Å². The fraction of sp³-hybridized carbons (Fsp3) is 0.745. The number of aliphatic hydroxyl groups is 5. The number of hydrogen-bond donors (Lipinski definition) is 6. The molecule has 12 nitrogen and oxygen atoms in total. The number of unbranched alkanes of at least 4 members (excludes halogenated alkanes) is 17. The molecule has 0 saturated heterocycles. The topological polar surface area (TPSA) is 192 Å². The van der Waals surface area contributed by atoms with Crippen LogP contribution < -0.4 is 0 Å². The highest BCUT2D eigenvalue weighted by atomic mass is 31.2. The Kier molecular flexibility index (Phi) is 38.3. The van der Waals surface area contributed by atoms with Crippen LogP contribution >= 0.6 is 7.82 Å². The van der Waals surface area contributed by atoms with Crippen LogP contribution in [0.1, 0.15) is 181 Å². The molecule has 370 valence electrons. The standard InChI is InChI=1S/C51H89O12P/c1-3-5-7-9-11-13-15-17-18-19-20-21-22-23-24-25-26-27-29-31-33-35-37-39-41-60-42-44(43-61-64(58,59)63-51-49(56)47(54)46(53)48(55)50(51)57)62-45(52)40-38-36-34-32-30-28-16-14-12-10-8-6-4-2/h5,7-8,10-11,13-14,16-18,20-21,44,46-51,53-57H,3-4,6,9,12,15,19,22-43H2,1-2H3,(H,58,59)/b7-5-,10-8-,13-11-,16-14-,18-17-,21-20-. The zero-order valence-electron chi connectivity index (χ0n) is 39.6. The summed E-state index contributed by atoms with van der Waals surface area (Å²) in [6.45, 7) is 4.05. The number of rotatable bonds is 41. The number of phosphoric acid groups is 1. The quantitative estimate of drug-likeness (QED) is 0.0147. The second-order valence-corrected chi connectivity index (χ2v) is 18.3. The van der Waals surface area contributed by atoms with E-state index in [-0.39, 0.29) is 13.0 Å². The van der Waals surface area contributed by atoms with Crippen LogP contribution in [-0.4, -0.2) is 98.9 Å². The number of hydrogen-bond acceptors (Lipinski definition) is 11. The molecule has 0 bridgehead atoms. The fourth-order valence-corrected chi connectivity index (χ4v) is 8.12. The van der Waals surface area contributed by atoms with E-state index < -0.39 is 63.1 Å². The molecule has 0 amide bonds. The van der Waals surface area contributed by atoms with Crippen LogP contribution in [0.5, 0.6) is 0 Å². The van der Waals surface area contributed by atoms with Gasteiger partial charge < -0.3 is 39.9 Å². The highest BCUT2D eigenvalue weighted by Gasteiger charge is 2.51. The predicted molar refractivity (Wildman–Crippen MR) is 258 cm³/mol. The normalized spacial score (nSPS) is 22.3. The fourth-order valence-electron chi connectivity index (χ4n) is 7.15. The molecule has 6 N–H and O–H groups in total. The maximum atomic E-state index is 12.8. The number of carbonyl (C=O) groups excluding carboxylic acids is 1. The zero-order valence-corrected chi connectivity index (χ0v) is 40.5. The van der Waals surface area contributed by atoms with Crippen molar-refractivity contribution >= 4 is 13.8 Å². The largest absolute Gasteiger partial charge is 0.472 e. The first-order valence-electron chi connectivity index (χ1n) is 24.8. The lowest BCUT2D eigenvalue weighted by atomic mass is 9.85. The molecule has 0 aromatic heterocycles. The summed E-state index contributed by atoms with van der Waals surface area (Å²) >= 11 is 0. The van der Waals surface area contributed by atoms with Crippen molar-refractivity contribution in [2.24, 2.45) is 0 Å². The molecule has 1 rings (SSSR count). The average molecular weight is 925 g/mol. The number of carbonyl (C=O) groups is 1. The molecule has 0 heterocycles. The van der Waals surface area contributed by atoms with Crippen molar-refractivity contribution in [3.63, 3.8) is 0 Å². The van der Waals surface area contributed by atoms with Crippen LogP contribution in [0.15, 0.2) is 72.9 Å². The summed E-state index contributed by atoms with van der Waals surface area (Å²) in [6, 6.07) is 0. The molecule has 6 unspecified atom stereocenters. The molecule has 0 radical (unpaired) electrons. The molecular formula is C51H89O12P. The second-order valence-electron chi connectivity index (χ2n) is 16.9. The maximum absolute atomic E-state index is 12.8. The zero-order chi connectivity index (χ0) is 46.9. The van der Waals surface area contributed by atoms with E-state index in [1.807, 2.05) is 0 Å². The van der Waals surface area contributed by atoms with E-state index in [1.54, 1.807) is 0 Å². The Labute approximate surface area is 387 Å². The van der Waals surface area contributed by atoms with Gasteiger partial charge >= 0.3 is 13.8 Å². The van der Waals surface area contributed by atoms with E-state index in [1.165, 1.54) is 44.9 Å². The molecule has 0 aromatic carbocycles. The molecule has 64 heavy (non-hydrogen) atoms. The molecule has 0 aromatic rings. The van der Waals surface area contributed by atoms with E-state index in [9.17, 15) is 39.8 Å². The van der Waals surface area contributed by atoms with Crippen LogP contribution in [-0.2, 0) is 27.9 Å². The Morgan fingerprint density at radius 3 is 1.41 bits per heavy atom. The van der Waals surface area contributed by atoms with Crippen LogP contribution in [0.3, 0.4) is 0 Å². The lowest BCUT2D eigenvalue weighted by molar-refractivity contribution is -0.220. The number of aliphatic hydroxyl groups excluding tert-OH is 5. The van der Waals surface area contributed by atoms with Gasteiger partial charge in [0.25, 0.3) is 0 Å². The molecule has 1 saturated carbocycles. The van der Waals surface area contributed by atoms with Gasteiger partial charge in [-0.15, -0.1) is 0 Å². The monoisotopic (exact) mass is 925 g/mol. The third-order valence-corrected chi connectivity index (χ3v) is 12.0. The smallest absolute Gasteiger partial charge is 0.457 e. The van der Waals surface area contributed by atoms with E-state index in [2.05, 4.69) is 86.8 Å². The molecule has 1 aliphatic rings. The van der Waals surface area contributed by atoms with Crippen molar-refractivity contribution in [3.8, 4) is 0 Å². The molecule has 1 fully saturated rings. The van der Waals surface area contributed by atoms with Gasteiger partial charge in [0.15, 0.2) is 0 Å². The van der Waals surface area contributed by atoms with Crippen molar-refractivity contribution in [2.75, 3.05) is 19.8 Å². The van der Waals surface area contributed by atoms with Crippen molar-refractivity contribution < 1.29 is 58.3 Å². The maximum Gasteiger partial charge on any atom is 0.472 e. The van der Waals surface area contributed by atoms with Gasteiger partial charge in [0, 0.05) is 13.0 Å². The minimum absolute atomic E-state index is 0.0879. The Morgan fingerprint density at radius 2 is 0.922 bits per heavy atom. The van der Waals surface area contributed by atoms with Gasteiger partial charge in [-0.25, -0.2) is 4.57 Å². The Bertz CT molecular complexity index is 1330. The highest BCUT2D eigenvalue weighted by Crippen LogP contribution is 2.47. The lowest BCUT2D eigenvalue weighted by Crippen LogP contribution is -2.64. The molecule has 0 aliphatic heterocycles. The first-order valence-corrected chi connectivity index (χ1v) is 26.3. The molecular weight excluding hydrogens is 836 g/mol. The van der Waals surface area contributed by atoms with Crippen molar-refractivity contribution in [1.82, 2.24) is 0 Å². The summed E-state index contributed by atoms with van der Waals surface area (Å²) in [4.78, 5) is 23.2. The molecule has 6 atom stereocenters. The van der Waals surface area contributed by atoms with Crippen LogP contribution in [0.25, 0.3) is 0 Å². The third-order valence-electron chi connectivity index (χ3n) is 11.0. The van der Waals surface area contributed by atoms with Crippen LogP contribution in [0.4, 0.5) is 0 Å². The van der Waals surface area contributed by atoms with E-state index in [0.29, 0.717) is 13.0 Å². The predicted octanol–water partition coefficient (Wildman–Crippen LogP) is 10.8. The summed E-state index contributed by atoms with van der Waals surface area (Å²) in [5.41, 5.74) is 0. The van der Waals surface area contributed by atoms with Gasteiger partial charge in [0.2, 0.25) is 0 Å². The van der Waals surface area contributed by atoms with Gasteiger partial charge in [0.05, 0.1) is 13.2 Å². The second kappa shape index (κ2) is 41.0. The lowest BCUT2D eigenvalue weighted by Gasteiger charge is -2.41. The minimum atomic E-state index is -5.03. The third kappa shape index (κ3) is 32.5. The van der Waals surface area contributed by atoms with E-state index in [0.717, 1.165) is 109 Å². The van der Waals surface area contributed by atoms with Gasteiger partial charge in [-0.2, -0.15) is 0 Å². The summed E-state index contributed by atoms with van der Waals surface area (Å²) in [7, 11) is -5.03. The first kappa shape index (κ1) is 59.8. The molecule has 0 spiro atoms. The van der Waals surface area contributed by atoms with Gasteiger partial charge in [-0.3, -0.25) is 13.8 Å². The van der Waals surface area contributed by atoms with Crippen molar-refractivity contribution in [3.05, 3.63) is 72.9 Å². The SMILES string of the molecule is CC/C=C\C/C=C\C/C=C\C/C=C\CCCCCCCCCCCCCOCC(COP(=O)(O)OC1C(O)C(O)C(O)C(O)C1O)OC(=O)CCCCCCC/C=C\C/C=C\CCC. The summed E-state index contributed by atoms with van der Waals surface area (Å²) in [5, 5.41) is 50.2. The van der Waals surface area contributed by atoms with E-state index >= 15 is 0 Å². The van der Waals surface area contributed by atoms with Crippen LogP contribution in [0.2, 0.25) is 0 Å². The Morgan fingerprint density at radius 1 is 0.516 bits per heavy atom. The Hall–Kier alpha value is -2.22. The number of allylic oxidation sites excluding steroid dienone is 12. The number of ether oxygens (including phenoxy) is 2. The highest BCUT2D eigenvalue weighted by molar-refractivity contribution is 7.47. The summed E-state index contributed by atoms with van der Waals surface area (Å²) in [5.74, 6) is -0.495.